The molecule has 0 aliphatic rings. The van der Waals surface area contributed by atoms with Crippen molar-refractivity contribution in [2.24, 2.45) is 0 Å². The van der Waals surface area contributed by atoms with E-state index in [0.29, 0.717) is 0 Å². The number of rotatable bonds is 6. The molecule has 96 valence electrons. The second kappa shape index (κ2) is 6.54. The van der Waals surface area contributed by atoms with E-state index in [1.165, 1.54) is 6.92 Å². The van der Waals surface area contributed by atoms with Crippen molar-refractivity contribution in [2.75, 3.05) is 6.61 Å². The predicted molar refractivity (Wildman–Crippen MR) is 63.6 cm³/mol. The van der Waals surface area contributed by atoms with Gasteiger partial charge in [-0.3, -0.25) is 0 Å². The summed E-state index contributed by atoms with van der Waals surface area (Å²) >= 11 is 0. The maximum absolute atomic E-state index is 11.9. The maximum Gasteiger partial charge on any atom is 0.339 e. The highest BCUT2D eigenvalue weighted by molar-refractivity contribution is 6.02. The number of carboxylic acid groups (broad SMARTS) is 1. The molecule has 0 saturated heterocycles. The van der Waals surface area contributed by atoms with Gasteiger partial charge in [-0.15, -0.1) is 0 Å². The van der Waals surface area contributed by atoms with Gasteiger partial charge in [0.2, 0.25) is 0 Å². The number of esters is 1. The lowest BCUT2D eigenvalue weighted by Gasteiger charge is -2.06. The first-order valence-electron chi connectivity index (χ1n) is 7.18. The summed E-state index contributed by atoms with van der Waals surface area (Å²) in [7, 11) is 0. The molecule has 1 aromatic rings. The summed E-state index contributed by atoms with van der Waals surface area (Å²) < 4.78 is 34.9. The van der Waals surface area contributed by atoms with Crippen LogP contribution in [0, 0.1) is 0 Å². The fourth-order valence-corrected chi connectivity index (χ4v) is 1.18. The minimum absolute atomic E-state index is 0.0936. The number of hydrogen-bond acceptors (Lipinski definition) is 4. The van der Waals surface area contributed by atoms with Gasteiger partial charge in [-0.05, 0) is 25.4 Å². The molecule has 0 amide bonds. The fraction of sp³-hybridized carbons (Fsp3) is 0.308. The molecule has 0 bridgehead atoms. The van der Waals surface area contributed by atoms with Gasteiger partial charge in [-0.25, -0.2) is 9.59 Å². The molecule has 0 spiro atoms. The molecule has 0 saturated carbocycles. The maximum atomic E-state index is 11.9. The van der Waals surface area contributed by atoms with Crippen LogP contribution in [-0.2, 0) is 9.53 Å². The number of carbonyl (C=O) groups is 3. The Labute approximate surface area is 110 Å². The van der Waals surface area contributed by atoms with Crippen molar-refractivity contribution >= 4 is 17.7 Å². The Morgan fingerprint density at radius 1 is 1.28 bits per heavy atom. The number of aromatic carboxylic acids is 1. The summed E-state index contributed by atoms with van der Waals surface area (Å²) in [5.41, 5.74) is -1.55. The lowest BCUT2D eigenvalue weighted by molar-refractivity contribution is -0.117. The Morgan fingerprint density at radius 2 is 1.89 bits per heavy atom. The molecular weight excluding hydrogens is 236 g/mol. The highest BCUT2D eigenvalue weighted by atomic mass is 16.5. The molecule has 0 unspecified atom stereocenters. The Kier molecular flexibility index (Phi) is 3.22. The number of benzene rings is 1. The first-order valence-corrected chi connectivity index (χ1v) is 5.18. The van der Waals surface area contributed by atoms with Gasteiger partial charge in [-0.2, -0.15) is 0 Å². The van der Waals surface area contributed by atoms with Gasteiger partial charge < -0.3 is 14.6 Å². The van der Waals surface area contributed by atoms with Crippen LogP contribution in [0.4, 0.5) is 0 Å². The van der Waals surface area contributed by atoms with Crippen molar-refractivity contribution in [3.8, 4) is 0 Å². The molecule has 18 heavy (non-hydrogen) atoms. The van der Waals surface area contributed by atoms with Gasteiger partial charge >= 0.3 is 11.9 Å². The Hall–Kier alpha value is -2.17. The SMILES string of the molecule is [2H]c1c([2H])c([2H])c(C(=O)OCCCC(C)=O)c(C(=O)O)c1[2H]. The van der Waals surface area contributed by atoms with E-state index >= 15 is 0 Å². The molecule has 1 rings (SSSR count). The second-order valence-electron chi connectivity index (χ2n) is 3.50. The van der Waals surface area contributed by atoms with E-state index in [4.69, 9.17) is 15.3 Å². The number of Topliss-reactive ketones (excluding diaryl/α,β-unsaturated/α-hetero) is 1. The van der Waals surface area contributed by atoms with Crippen molar-refractivity contribution in [3.05, 3.63) is 35.3 Å². The van der Waals surface area contributed by atoms with E-state index in [0.717, 1.165) is 0 Å². The van der Waals surface area contributed by atoms with Crippen LogP contribution < -0.4 is 0 Å². The van der Waals surface area contributed by atoms with E-state index < -0.39 is 47.2 Å². The minimum atomic E-state index is -1.65. The zero-order valence-electron chi connectivity index (χ0n) is 13.7. The Balaban J connectivity index is 3.14. The Morgan fingerprint density at radius 3 is 2.44 bits per heavy atom. The van der Waals surface area contributed by atoms with Crippen molar-refractivity contribution in [1.29, 1.82) is 0 Å². The molecule has 0 aliphatic carbocycles. The molecule has 1 N–H and O–H groups in total. The third-order valence-corrected chi connectivity index (χ3v) is 2.01. The lowest BCUT2D eigenvalue weighted by Crippen LogP contribution is -2.12. The average molecular weight is 254 g/mol. The zero-order valence-corrected chi connectivity index (χ0v) is 9.70. The predicted octanol–water partition coefficient (Wildman–Crippen LogP) is 1.91. The molecule has 0 fully saturated rings. The van der Waals surface area contributed by atoms with Crippen LogP contribution in [0.15, 0.2) is 24.2 Å². The fourth-order valence-electron chi connectivity index (χ4n) is 1.18. The van der Waals surface area contributed by atoms with Crippen molar-refractivity contribution in [1.82, 2.24) is 0 Å². The molecule has 5 nitrogen and oxygen atoms in total. The van der Waals surface area contributed by atoms with Gasteiger partial charge in [0.05, 0.1) is 23.2 Å². The summed E-state index contributed by atoms with van der Waals surface area (Å²) in [6.07, 6.45) is 0.431. The van der Waals surface area contributed by atoms with Crippen LogP contribution in [0.5, 0.6) is 0 Å². The minimum Gasteiger partial charge on any atom is -0.478 e. The van der Waals surface area contributed by atoms with E-state index in [1.807, 2.05) is 0 Å². The van der Waals surface area contributed by atoms with Gasteiger partial charge in [0.15, 0.2) is 0 Å². The summed E-state index contributed by atoms with van der Waals surface area (Å²) in [5, 5.41) is 9.08. The van der Waals surface area contributed by atoms with Gasteiger partial charge in [0.1, 0.15) is 5.78 Å². The largest absolute Gasteiger partial charge is 0.478 e. The normalized spacial score (nSPS) is 12.9. The third kappa shape index (κ3) is 4.01. The molecule has 1 aromatic carbocycles. The number of ether oxygens (including phenoxy) is 1. The standard InChI is InChI=1S/C13H14O5/c1-9(14)5-4-8-18-13(17)11-7-3-2-6-10(11)12(15)16/h2-3,6-7H,4-5,8H2,1H3,(H,15,16)/i2D,3D,6D,7D. The highest BCUT2D eigenvalue weighted by Crippen LogP contribution is 2.10. The topological polar surface area (TPSA) is 80.7 Å². The third-order valence-electron chi connectivity index (χ3n) is 2.01. The van der Waals surface area contributed by atoms with E-state index in [-0.39, 0.29) is 25.2 Å². The summed E-state index contributed by atoms with van der Waals surface area (Å²) in [5.74, 6) is -2.90. The van der Waals surface area contributed by atoms with Crippen LogP contribution in [0.2, 0.25) is 0 Å². The van der Waals surface area contributed by atoms with Gasteiger partial charge in [0, 0.05) is 6.42 Å². The van der Waals surface area contributed by atoms with Crippen molar-refractivity contribution in [2.45, 2.75) is 19.8 Å². The molecule has 0 aromatic heterocycles. The van der Waals surface area contributed by atoms with Crippen molar-refractivity contribution < 1.29 is 29.7 Å². The summed E-state index contributed by atoms with van der Waals surface area (Å²) in [4.78, 5) is 33.9. The van der Waals surface area contributed by atoms with Crippen LogP contribution in [0.3, 0.4) is 0 Å². The highest BCUT2D eigenvalue weighted by Gasteiger charge is 2.16. The van der Waals surface area contributed by atoms with Gasteiger partial charge in [-0.1, -0.05) is 12.1 Å². The van der Waals surface area contributed by atoms with Crippen LogP contribution in [-0.4, -0.2) is 29.4 Å². The molecular formula is C13H14O5. The number of hydrogen-bond donors (Lipinski definition) is 1. The molecule has 0 radical (unpaired) electrons. The summed E-state index contributed by atoms with van der Waals surface area (Å²) in [6, 6.07) is -3.04. The average Bonchev–Trinajstić information content (AvgIpc) is 2.44. The van der Waals surface area contributed by atoms with Crippen LogP contribution >= 0.6 is 0 Å². The first kappa shape index (κ1) is 8.85. The smallest absolute Gasteiger partial charge is 0.339 e. The Bertz CT molecular complexity index is 642. The summed E-state index contributed by atoms with van der Waals surface area (Å²) in [6.45, 7) is 1.22. The molecule has 0 heterocycles. The van der Waals surface area contributed by atoms with Gasteiger partial charge in [0.25, 0.3) is 0 Å². The monoisotopic (exact) mass is 254 g/mol. The molecule has 0 atom stereocenters. The molecule has 0 aliphatic heterocycles. The quantitative estimate of drug-likeness (QED) is 0.619. The first-order chi connectivity index (χ1) is 10.2. The van der Waals surface area contributed by atoms with Crippen LogP contribution in [0.25, 0.3) is 0 Å². The van der Waals surface area contributed by atoms with E-state index in [1.54, 1.807) is 0 Å². The number of ketones is 1. The van der Waals surface area contributed by atoms with Crippen molar-refractivity contribution in [3.63, 3.8) is 0 Å². The van der Waals surface area contributed by atoms with Crippen LogP contribution in [0.1, 0.15) is 46.0 Å². The van der Waals surface area contributed by atoms with E-state index in [2.05, 4.69) is 0 Å². The number of carbonyl (C=O) groups excluding carboxylic acids is 2. The lowest BCUT2D eigenvalue weighted by atomic mass is 10.1. The zero-order chi connectivity index (χ0) is 17.0. The number of carboxylic acids is 1. The second-order valence-corrected chi connectivity index (χ2v) is 3.50. The molecule has 5 heteroatoms. The van der Waals surface area contributed by atoms with E-state index in [9.17, 15) is 14.4 Å².